The van der Waals surface area contributed by atoms with E-state index in [0.717, 1.165) is 28.9 Å². The van der Waals surface area contributed by atoms with E-state index in [2.05, 4.69) is 58.0 Å². The first-order chi connectivity index (χ1) is 7.65. The van der Waals surface area contributed by atoms with Gasteiger partial charge in [-0.25, -0.2) is 9.97 Å². The van der Waals surface area contributed by atoms with Gasteiger partial charge in [-0.2, -0.15) is 11.8 Å². The summed E-state index contributed by atoms with van der Waals surface area (Å²) in [5.74, 6) is 0.723. The van der Waals surface area contributed by atoms with Crippen molar-refractivity contribution in [2.75, 3.05) is 18.1 Å². The molecule has 1 rings (SSSR count). The number of halogens is 1. The van der Waals surface area contributed by atoms with E-state index < -0.39 is 0 Å². The molecular formula is C11H18IN3S. The minimum absolute atomic E-state index is 0.298. The lowest BCUT2D eigenvalue weighted by Crippen LogP contribution is -2.32. The number of nitrogens with zero attached hydrogens (tertiary/aromatic N) is 2. The Kier molecular flexibility index (Phi) is 5.82. The number of aromatic nitrogens is 2. The Bertz CT molecular complexity index is 303. The van der Waals surface area contributed by atoms with E-state index in [1.807, 2.05) is 24.2 Å². The summed E-state index contributed by atoms with van der Waals surface area (Å²) < 4.78 is 1.36. The molecule has 5 heteroatoms. The van der Waals surface area contributed by atoms with Crippen molar-refractivity contribution < 1.29 is 0 Å². The van der Waals surface area contributed by atoms with Crippen LogP contribution in [0.15, 0.2) is 12.4 Å². The molecule has 0 atom stereocenters. The van der Waals surface area contributed by atoms with Crippen LogP contribution in [0.5, 0.6) is 0 Å². The van der Waals surface area contributed by atoms with Crippen LogP contribution < -0.4 is 5.32 Å². The zero-order valence-corrected chi connectivity index (χ0v) is 12.9. The molecule has 16 heavy (non-hydrogen) atoms. The molecule has 0 unspecified atom stereocenters. The molecule has 3 nitrogen and oxygen atoms in total. The molecule has 1 aromatic rings. The monoisotopic (exact) mass is 351 g/mol. The standard InChI is InChI=1S/C11H18IN3S/c1-4-11(5-2,16-3)8-15-10-13-6-9(12)7-14-10/h6-7H,4-5,8H2,1-3H3,(H,13,14,15). The van der Waals surface area contributed by atoms with Crippen LogP contribution in [0.1, 0.15) is 26.7 Å². The second-order valence-electron chi connectivity index (χ2n) is 3.67. The van der Waals surface area contributed by atoms with Crippen LogP contribution in [0, 0.1) is 3.57 Å². The van der Waals surface area contributed by atoms with Gasteiger partial charge in [0.1, 0.15) is 0 Å². The largest absolute Gasteiger partial charge is 0.353 e. The van der Waals surface area contributed by atoms with Gasteiger partial charge in [-0.05, 0) is 41.7 Å². The molecule has 0 bridgehead atoms. The van der Waals surface area contributed by atoms with Gasteiger partial charge >= 0.3 is 0 Å². The highest BCUT2D eigenvalue weighted by Crippen LogP contribution is 2.30. The minimum Gasteiger partial charge on any atom is -0.353 e. The molecule has 0 amide bonds. The predicted molar refractivity (Wildman–Crippen MR) is 80.1 cm³/mol. The first-order valence-corrected chi connectivity index (χ1v) is 7.72. The molecule has 1 heterocycles. The Morgan fingerprint density at radius 1 is 1.31 bits per heavy atom. The predicted octanol–water partition coefficient (Wildman–Crippen LogP) is 3.41. The Morgan fingerprint density at radius 2 is 1.88 bits per heavy atom. The van der Waals surface area contributed by atoms with Crippen molar-refractivity contribution in [1.29, 1.82) is 0 Å². The van der Waals surface area contributed by atoms with Crippen molar-refractivity contribution in [1.82, 2.24) is 9.97 Å². The number of hydrogen-bond acceptors (Lipinski definition) is 4. The summed E-state index contributed by atoms with van der Waals surface area (Å²) >= 11 is 4.13. The van der Waals surface area contributed by atoms with E-state index in [-0.39, 0.29) is 0 Å². The van der Waals surface area contributed by atoms with Gasteiger partial charge in [0.05, 0.1) is 0 Å². The van der Waals surface area contributed by atoms with E-state index in [1.54, 1.807) is 0 Å². The average Bonchev–Trinajstić information content (AvgIpc) is 2.34. The van der Waals surface area contributed by atoms with Gasteiger partial charge in [0.2, 0.25) is 5.95 Å². The van der Waals surface area contributed by atoms with Crippen molar-refractivity contribution in [3.05, 3.63) is 16.0 Å². The molecule has 0 saturated carbocycles. The highest BCUT2D eigenvalue weighted by atomic mass is 127. The Balaban J connectivity index is 2.58. The zero-order valence-electron chi connectivity index (χ0n) is 9.96. The molecule has 0 aliphatic rings. The van der Waals surface area contributed by atoms with Crippen LogP contribution in [-0.2, 0) is 0 Å². The van der Waals surface area contributed by atoms with Gasteiger partial charge in [-0.1, -0.05) is 13.8 Å². The first-order valence-electron chi connectivity index (χ1n) is 5.42. The maximum absolute atomic E-state index is 4.25. The van der Waals surface area contributed by atoms with Crippen LogP contribution in [0.4, 0.5) is 5.95 Å². The third-order valence-corrected chi connectivity index (χ3v) is 5.06. The maximum atomic E-state index is 4.25. The summed E-state index contributed by atoms with van der Waals surface area (Å²) in [7, 11) is 0. The van der Waals surface area contributed by atoms with E-state index in [9.17, 15) is 0 Å². The van der Waals surface area contributed by atoms with Crippen LogP contribution in [0.3, 0.4) is 0 Å². The second-order valence-corrected chi connectivity index (χ2v) is 6.19. The summed E-state index contributed by atoms with van der Waals surface area (Å²) in [6, 6.07) is 0. The topological polar surface area (TPSA) is 37.8 Å². The van der Waals surface area contributed by atoms with Crippen molar-refractivity contribution in [2.45, 2.75) is 31.4 Å². The molecule has 0 radical (unpaired) electrons. The number of hydrogen-bond donors (Lipinski definition) is 1. The van der Waals surface area contributed by atoms with Gasteiger partial charge in [-0.3, -0.25) is 0 Å². The quantitative estimate of drug-likeness (QED) is 0.797. The number of rotatable bonds is 6. The fraction of sp³-hybridized carbons (Fsp3) is 0.636. The molecule has 0 saturated heterocycles. The van der Waals surface area contributed by atoms with E-state index >= 15 is 0 Å². The van der Waals surface area contributed by atoms with Crippen molar-refractivity contribution in [2.24, 2.45) is 0 Å². The third kappa shape index (κ3) is 3.76. The molecule has 90 valence electrons. The molecule has 1 aromatic heterocycles. The molecule has 0 fully saturated rings. The van der Waals surface area contributed by atoms with Gasteiger partial charge in [0, 0.05) is 27.3 Å². The minimum atomic E-state index is 0.298. The molecule has 0 aliphatic carbocycles. The lowest BCUT2D eigenvalue weighted by molar-refractivity contribution is 0.573. The van der Waals surface area contributed by atoms with Gasteiger partial charge in [-0.15, -0.1) is 0 Å². The molecule has 1 N–H and O–H groups in total. The highest BCUT2D eigenvalue weighted by molar-refractivity contribution is 14.1. The lowest BCUT2D eigenvalue weighted by atomic mass is 10.0. The average molecular weight is 351 g/mol. The lowest BCUT2D eigenvalue weighted by Gasteiger charge is -2.29. The van der Waals surface area contributed by atoms with Crippen molar-refractivity contribution in [3.8, 4) is 0 Å². The summed E-state index contributed by atoms with van der Waals surface area (Å²) in [5.41, 5.74) is 0. The summed E-state index contributed by atoms with van der Waals surface area (Å²) in [4.78, 5) is 8.49. The first kappa shape index (κ1) is 14.0. The molecule has 0 spiro atoms. The van der Waals surface area contributed by atoms with E-state index in [0.29, 0.717) is 4.75 Å². The van der Waals surface area contributed by atoms with Gasteiger partial charge in [0.15, 0.2) is 0 Å². The molecule has 0 aliphatic heterocycles. The third-order valence-electron chi connectivity index (χ3n) is 2.91. The summed E-state index contributed by atoms with van der Waals surface area (Å²) in [5, 5.41) is 3.32. The van der Waals surface area contributed by atoms with Crippen molar-refractivity contribution >= 4 is 40.3 Å². The fourth-order valence-electron chi connectivity index (χ4n) is 1.50. The van der Waals surface area contributed by atoms with Crippen molar-refractivity contribution in [3.63, 3.8) is 0 Å². The van der Waals surface area contributed by atoms with E-state index in [1.165, 1.54) is 0 Å². The highest BCUT2D eigenvalue weighted by Gasteiger charge is 2.24. The second kappa shape index (κ2) is 6.64. The Hall–Kier alpha value is -0.0400. The number of anilines is 1. The fourth-order valence-corrected chi connectivity index (χ4v) is 2.58. The summed E-state index contributed by atoms with van der Waals surface area (Å²) in [6.45, 7) is 5.38. The SMILES string of the molecule is CCC(CC)(CNc1ncc(I)cn1)SC. The smallest absolute Gasteiger partial charge is 0.222 e. The van der Waals surface area contributed by atoms with Crippen LogP contribution in [0.2, 0.25) is 0 Å². The molecular weight excluding hydrogens is 333 g/mol. The normalized spacial score (nSPS) is 11.5. The van der Waals surface area contributed by atoms with Crippen LogP contribution in [-0.4, -0.2) is 27.5 Å². The molecule has 0 aromatic carbocycles. The van der Waals surface area contributed by atoms with Crippen LogP contribution >= 0.6 is 34.4 Å². The number of nitrogens with one attached hydrogen (secondary N) is 1. The van der Waals surface area contributed by atoms with Gasteiger partial charge in [0.25, 0.3) is 0 Å². The van der Waals surface area contributed by atoms with Gasteiger partial charge < -0.3 is 5.32 Å². The Labute approximate surface area is 115 Å². The zero-order chi connectivity index (χ0) is 12.0. The van der Waals surface area contributed by atoms with Crippen LogP contribution in [0.25, 0.3) is 0 Å². The number of thioether (sulfide) groups is 1. The van der Waals surface area contributed by atoms with E-state index in [4.69, 9.17) is 0 Å². The Morgan fingerprint density at radius 3 is 2.31 bits per heavy atom. The maximum Gasteiger partial charge on any atom is 0.222 e. The summed E-state index contributed by atoms with van der Waals surface area (Å²) in [6.07, 6.45) is 8.14.